The number of Topliss-reactive ketones (excluding diaryl/α,β-unsaturated/α-hetero) is 1. The number of carbonyl (C=O) groups excluding carboxylic acids is 2. The van der Waals surface area contributed by atoms with Crippen molar-refractivity contribution in [2.75, 3.05) is 13.2 Å². The fourth-order valence-corrected chi connectivity index (χ4v) is 4.80. The van der Waals surface area contributed by atoms with Crippen LogP contribution in [0.15, 0.2) is 48.0 Å². The largest absolute Gasteiger partial charge is 0.508 e. The van der Waals surface area contributed by atoms with E-state index in [1.165, 1.54) is 17.0 Å². The van der Waals surface area contributed by atoms with Crippen LogP contribution in [0.1, 0.15) is 42.5 Å². The zero-order chi connectivity index (χ0) is 22.4. The third-order valence-corrected chi connectivity index (χ3v) is 6.34. The third-order valence-electron chi connectivity index (χ3n) is 6.34. The maximum Gasteiger partial charge on any atom is 0.295 e. The van der Waals surface area contributed by atoms with Gasteiger partial charge in [0.25, 0.3) is 11.7 Å². The van der Waals surface area contributed by atoms with Crippen LogP contribution in [0.4, 0.5) is 0 Å². The number of hydrogen-bond donors (Lipinski definition) is 2. The Morgan fingerprint density at radius 1 is 1.16 bits per heavy atom. The van der Waals surface area contributed by atoms with Crippen LogP contribution < -0.4 is 4.74 Å². The van der Waals surface area contributed by atoms with Gasteiger partial charge in [0.2, 0.25) is 0 Å². The van der Waals surface area contributed by atoms with Gasteiger partial charge in [0.05, 0.1) is 17.7 Å². The number of phenols is 1. The highest BCUT2D eigenvalue weighted by Crippen LogP contribution is 2.41. The second-order valence-electron chi connectivity index (χ2n) is 8.63. The number of hydrogen-bond acceptors (Lipinski definition) is 6. The van der Waals surface area contributed by atoms with Crippen molar-refractivity contribution in [1.29, 1.82) is 0 Å². The van der Waals surface area contributed by atoms with Crippen LogP contribution in [0.2, 0.25) is 0 Å². The van der Waals surface area contributed by atoms with E-state index in [1.54, 1.807) is 24.3 Å². The lowest BCUT2D eigenvalue weighted by Crippen LogP contribution is -2.36. The van der Waals surface area contributed by atoms with Crippen LogP contribution in [0.5, 0.6) is 11.5 Å². The highest BCUT2D eigenvalue weighted by molar-refractivity contribution is 6.46. The molecule has 3 aliphatic heterocycles. The Kier molecular flexibility index (Phi) is 5.13. The summed E-state index contributed by atoms with van der Waals surface area (Å²) in [4.78, 5) is 27.6. The molecular formula is C25H25NO6. The van der Waals surface area contributed by atoms with Crippen molar-refractivity contribution in [2.45, 2.75) is 44.4 Å². The van der Waals surface area contributed by atoms with Crippen molar-refractivity contribution < 1.29 is 29.3 Å². The summed E-state index contributed by atoms with van der Waals surface area (Å²) in [7, 11) is 0. The van der Waals surface area contributed by atoms with Gasteiger partial charge in [0.1, 0.15) is 23.4 Å². The van der Waals surface area contributed by atoms with Gasteiger partial charge in [0.15, 0.2) is 0 Å². The summed E-state index contributed by atoms with van der Waals surface area (Å²) in [5.41, 5.74) is 2.11. The molecule has 3 aliphatic rings. The molecule has 0 bridgehead atoms. The Morgan fingerprint density at radius 2 is 1.94 bits per heavy atom. The van der Waals surface area contributed by atoms with E-state index in [0.29, 0.717) is 24.2 Å². The quantitative estimate of drug-likeness (QED) is 0.435. The predicted octanol–water partition coefficient (Wildman–Crippen LogP) is 3.32. The number of ketones is 1. The van der Waals surface area contributed by atoms with Gasteiger partial charge < -0.3 is 24.6 Å². The number of aliphatic hydroxyl groups excluding tert-OH is 1. The van der Waals surface area contributed by atoms with Gasteiger partial charge in [-0.05, 0) is 61.2 Å². The second-order valence-corrected chi connectivity index (χ2v) is 8.63. The lowest BCUT2D eigenvalue weighted by molar-refractivity contribution is -0.140. The van der Waals surface area contributed by atoms with Gasteiger partial charge in [-0.25, -0.2) is 0 Å². The molecule has 5 rings (SSSR count). The first-order valence-corrected chi connectivity index (χ1v) is 10.9. The summed E-state index contributed by atoms with van der Waals surface area (Å²) in [6.07, 6.45) is 2.34. The van der Waals surface area contributed by atoms with E-state index in [4.69, 9.17) is 9.47 Å². The molecule has 2 fully saturated rings. The van der Waals surface area contributed by atoms with Crippen LogP contribution in [-0.2, 0) is 20.7 Å². The fourth-order valence-electron chi connectivity index (χ4n) is 4.80. The van der Waals surface area contributed by atoms with Crippen molar-refractivity contribution in [3.05, 3.63) is 64.7 Å². The molecule has 0 unspecified atom stereocenters. The highest BCUT2D eigenvalue weighted by atomic mass is 16.5. The van der Waals surface area contributed by atoms with E-state index in [0.717, 1.165) is 24.2 Å². The standard InChI is InChI=1S/C25H25NO6/c1-14-11-17-12-16(6-9-20(17)32-14)23(28)21-22(15-4-7-18(27)8-5-15)26(25(30)24(21)29)13-19-3-2-10-31-19/h4-9,12,14,19,22,27-28H,2-3,10-11,13H2,1H3/t14-,19-,22-/m0/s1. The number of benzene rings is 2. The molecule has 7 nitrogen and oxygen atoms in total. The summed E-state index contributed by atoms with van der Waals surface area (Å²) in [5, 5.41) is 21.0. The van der Waals surface area contributed by atoms with E-state index in [2.05, 4.69) is 0 Å². The molecule has 3 heterocycles. The molecular weight excluding hydrogens is 410 g/mol. The minimum Gasteiger partial charge on any atom is -0.508 e. The second kappa shape index (κ2) is 7.98. The summed E-state index contributed by atoms with van der Waals surface area (Å²) < 4.78 is 11.4. The molecule has 3 atom stereocenters. The molecule has 32 heavy (non-hydrogen) atoms. The van der Waals surface area contributed by atoms with Crippen LogP contribution in [-0.4, -0.2) is 52.2 Å². The smallest absolute Gasteiger partial charge is 0.295 e. The molecule has 2 saturated heterocycles. The molecule has 2 aromatic carbocycles. The molecule has 2 N–H and O–H groups in total. The molecule has 1 amide bonds. The molecule has 0 aliphatic carbocycles. The summed E-state index contributed by atoms with van der Waals surface area (Å²) >= 11 is 0. The average Bonchev–Trinajstić information content (AvgIpc) is 3.48. The van der Waals surface area contributed by atoms with Crippen molar-refractivity contribution in [3.63, 3.8) is 0 Å². The van der Waals surface area contributed by atoms with Gasteiger partial charge in [-0.15, -0.1) is 0 Å². The number of aromatic hydroxyl groups is 1. The molecule has 2 aromatic rings. The Hall–Kier alpha value is -3.32. The zero-order valence-electron chi connectivity index (χ0n) is 17.8. The first kappa shape index (κ1) is 20.6. The monoisotopic (exact) mass is 435 g/mol. The van der Waals surface area contributed by atoms with Crippen LogP contribution in [0, 0.1) is 0 Å². The van der Waals surface area contributed by atoms with Crippen LogP contribution >= 0.6 is 0 Å². The predicted molar refractivity (Wildman–Crippen MR) is 116 cm³/mol. The average molecular weight is 435 g/mol. The maximum absolute atomic E-state index is 13.1. The maximum atomic E-state index is 13.1. The van der Waals surface area contributed by atoms with Crippen molar-refractivity contribution in [1.82, 2.24) is 4.90 Å². The topological polar surface area (TPSA) is 96.3 Å². The molecule has 0 spiro atoms. The van der Waals surface area contributed by atoms with Gasteiger partial charge in [-0.3, -0.25) is 9.59 Å². The van der Waals surface area contributed by atoms with Gasteiger partial charge in [-0.1, -0.05) is 12.1 Å². The summed E-state index contributed by atoms with van der Waals surface area (Å²) in [6, 6.07) is 10.9. The van der Waals surface area contributed by atoms with Gasteiger partial charge in [-0.2, -0.15) is 0 Å². The lowest BCUT2D eigenvalue weighted by atomic mass is 9.94. The molecule has 0 radical (unpaired) electrons. The minimum absolute atomic E-state index is 0.0469. The Balaban J connectivity index is 1.59. The minimum atomic E-state index is -0.761. The van der Waals surface area contributed by atoms with Crippen LogP contribution in [0.3, 0.4) is 0 Å². The van der Waals surface area contributed by atoms with E-state index in [-0.39, 0.29) is 35.8 Å². The highest BCUT2D eigenvalue weighted by Gasteiger charge is 2.47. The molecule has 0 aromatic heterocycles. The number of nitrogens with zero attached hydrogens (tertiary/aromatic N) is 1. The van der Waals surface area contributed by atoms with Gasteiger partial charge >= 0.3 is 0 Å². The fraction of sp³-hybridized carbons (Fsp3) is 0.360. The van der Waals surface area contributed by atoms with E-state index >= 15 is 0 Å². The van der Waals surface area contributed by atoms with E-state index in [1.807, 2.05) is 13.0 Å². The number of phenolic OH excluding ortho intramolecular Hbond substituents is 1. The normalized spacial score (nSPS) is 26.4. The number of rotatable bonds is 4. The molecule has 7 heteroatoms. The number of ether oxygens (including phenoxy) is 2. The number of amides is 1. The molecule has 0 saturated carbocycles. The van der Waals surface area contributed by atoms with Gasteiger partial charge in [0, 0.05) is 25.1 Å². The summed E-state index contributed by atoms with van der Waals surface area (Å²) in [5.74, 6) is -0.735. The number of carbonyl (C=O) groups is 2. The third kappa shape index (κ3) is 3.52. The Morgan fingerprint density at radius 3 is 2.66 bits per heavy atom. The first-order chi connectivity index (χ1) is 15.4. The van der Waals surface area contributed by atoms with Crippen LogP contribution in [0.25, 0.3) is 5.76 Å². The van der Waals surface area contributed by atoms with Crippen molar-refractivity contribution in [2.24, 2.45) is 0 Å². The van der Waals surface area contributed by atoms with E-state index < -0.39 is 17.7 Å². The molecule has 166 valence electrons. The zero-order valence-corrected chi connectivity index (χ0v) is 17.8. The Bertz CT molecular complexity index is 1100. The first-order valence-electron chi connectivity index (χ1n) is 10.9. The summed E-state index contributed by atoms with van der Waals surface area (Å²) in [6.45, 7) is 2.87. The Labute approximate surface area is 185 Å². The van der Waals surface area contributed by atoms with E-state index in [9.17, 15) is 19.8 Å². The SMILES string of the molecule is C[C@H]1Cc2cc(C(O)=C3C(=O)C(=O)N(C[C@@H]4CCCO4)[C@H]3c3ccc(O)cc3)ccc2O1. The number of fused-ring (bicyclic) bond motifs is 1. The van der Waals surface area contributed by atoms with Crippen molar-refractivity contribution in [3.8, 4) is 11.5 Å². The lowest BCUT2D eigenvalue weighted by Gasteiger charge is -2.27. The number of aliphatic hydroxyl groups is 1. The number of likely N-dealkylation sites (tertiary alicyclic amines) is 1. The van der Waals surface area contributed by atoms with Crippen molar-refractivity contribution >= 4 is 17.4 Å².